The third-order valence-corrected chi connectivity index (χ3v) is 3.31. The minimum atomic E-state index is -4.50. The molecular formula is C16H14ClF3N4O3. The van der Waals surface area contributed by atoms with Gasteiger partial charge in [0.1, 0.15) is 22.3 Å². The van der Waals surface area contributed by atoms with Crippen molar-refractivity contribution in [3.63, 3.8) is 0 Å². The molecule has 1 N–H and O–H groups in total. The largest absolute Gasteiger partial charge is 0.467 e. The van der Waals surface area contributed by atoms with Crippen molar-refractivity contribution in [3.05, 3.63) is 46.6 Å². The SMILES string of the molecule is CC(=O)Cc1nccc(C(=O)NCc2cnc(OCC(F)(F)F)c(Cl)c2)n1. The van der Waals surface area contributed by atoms with Crippen LogP contribution in [0.5, 0.6) is 5.88 Å². The molecule has 0 aliphatic rings. The second-order valence-electron chi connectivity index (χ2n) is 5.45. The molecule has 2 aromatic rings. The van der Waals surface area contributed by atoms with Gasteiger partial charge in [-0.3, -0.25) is 9.59 Å². The number of alkyl halides is 3. The molecule has 2 heterocycles. The molecule has 0 spiro atoms. The van der Waals surface area contributed by atoms with Crippen LogP contribution in [0.2, 0.25) is 5.02 Å². The Morgan fingerprint density at radius 2 is 2.04 bits per heavy atom. The van der Waals surface area contributed by atoms with Gasteiger partial charge in [-0.25, -0.2) is 15.0 Å². The number of carbonyl (C=O) groups excluding carboxylic acids is 2. The third-order valence-electron chi connectivity index (χ3n) is 3.03. The molecule has 0 radical (unpaired) electrons. The summed E-state index contributed by atoms with van der Waals surface area (Å²) in [6, 6.07) is 2.72. The number of Topliss-reactive ketones (excluding diaryl/α,β-unsaturated/α-hetero) is 1. The van der Waals surface area contributed by atoms with Gasteiger partial charge in [0.15, 0.2) is 6.61 Å². The van der Waals surface area contributed by atoms with Crippen molar-refractivity contribution in [1.29, 1.82) is 0 Å². The number of halogens is 4. The summed E-state index contributed by atoms with van der Waals surface area (Å²) in [5.41, 5.74) is 0.524. The first-order valence-corrected chi connectivity index (χ1v) is 7.95. The number of pyridine rings is 1. The number of amides is 1. The zero-order valence-electron chi connectivity index (χ0n) is 14.0. The van der Waals surface area contributed by atoms with Crippen LogP contribution in [0.4, 0.5) is 13.2 Å². The number of hydrogen-bond acceptors (Lipinski definition) is 6. The van der Waals surface area contributed by atoms with Crippen LogP contribution in [0.15, 0.2) is 24.5 Å². The molecule has 11 heteroatoms. The number of hydrogen-bond donors (Lipinski definition) is 1. The lowest BCUT2D eigenvalue weighted by atomic mass is 10.2. The number of nitrogens with one attached hydrogen (secondary N) is 1. The minimum absolute atomic E-state index is 0.0111. The van der Waals surface area contributed by atoms with Crippen LogP contribution in [0, 0.1) is 0 Å². The van der Waals surface area contributed by atoms with Gasteiger partial charge in [0.05, 0.1) is 6.42 Å². The number of nitrogens with zero attached hydrogens (tertiary/aromatic N) is 3. The normalized spacial score (nSPS) is 11.1. The first-order valence-electron chi connectivity index (χ1n) is 7.57. The predicted octanol–water partition coefficient (Wildman–Crippen LogP) is 2.53. The smallest absolute Gasteiger partial charge is 0.422 e. The molecule has 0 bridgehead atoms. The molecule has 144 valence electrons. The highest BCUT2D eigenvalue weighted by molar-refractivity contribution is 6.31. The highest BCUT2D eigenvalue weighted by Crippen LogP contribution is 2.24. The Bertz CT molecular complexity index is 846. The van der Waals surface area contributed by atoms with Crippen LogP contribution >= 0.6 is 11.6 Å². The van der Waals surface area contributed by atoms with E-state index >= 15 is 0 Å². The van der Waals surface area contributed by atoms with Gasteiger partial charge in [-0.05, 0) is 24.6 Å². The topological polar surface area (TPSA) is 94.1 Å². The van der Waals surface area contributed by atoms with Gasteiger partial charge in [-0.1, -0.05) is 11.6 Å². The monoisotopic (exact) mass is 402 g/mol. The second kappa shape index (κ2) is 8.76. The Morgan fingerprint density at radius 3 is 2.67 bits per heavy atom. The maximum Gasteiger partial charge on any atom is 0.422 e. The summed E-state index contributed by atoms with van der Waals surface area (Å²) in [5, 5.41) is 2.45. The Balaban J connectivity index is 1.97. The lowest BCUT2D eigenvalue weighted by molar-refractivity contribution is -0.154. The van der Waals surface area contributed by atoms with E-state index in [4.69, 9.17) is 11.6 Å². The Kier molecular flexibility index (Phi) is 6.67. The van der Waals surface area contributed by atoms with E-state index in [1.54, 1.807) is 0 Å². The number of ketones is 1. The van der Waals surface area contributed by atoms with Crippen LogP contribution in [0.1, 0.15) is 28.8 Å². The Hall–Kier alpha value is -2.75. The number of carbonyl (C=O) groups is 2. The summed E-state index contributed by atoms with van der Waals surface area (Å²) < 4.78 is 40.9. The molecule has 0 unspecified atom stereocenters. The van der Waals surface area contributed by atoms with Crippen molar-refractivity contribution >= 4 is 23.3 Å². The number of ether oxygens (including phenoxy) is 1. The van der Waals surface area contributed by atoms with Crippen LogP contribution in [0.3, 0.4) is 0 Å². The third kappa shape index (κ3) is 6.81. The average molecular weight is 403 g/mol. The van der Waals surface area contributed by atoms with Crippen molar-refractivity contribution in [2.75, 3.05) is 6.61 Å². The molecule has 0 saturated carbocycles. The van der Waals surface area contributed by atoms with Crippen LogP contribution in [-0.4, -0.2) is 39.4 Å². The Morgan fingerprint density at radius 1 is 1.30 bits per heavy atom. The molecule has 1 amide bonds. The van der Waals surface area contributed by atoms with Crippen molar-refractivity contribution in [3.8, 4) is 5.88 Å². The van der Waals surface area contributed by atoms with Gasteiger partial charge >= 0.3 is 6.18 Å². The fourth-order valence-corrected chi connectivity index (χ4v) is 2.17. The van der Waals surface area contributed by atoms with Crippen molar-refractivity contribution < 1.29 is 27.5 Å². The van der Waals surface area contributed by atoms with Gasteiger partial charge in [-0.2, -0.15) is 13.2 Å². The van der Waals surface area contributed by atoms with Gasteiger partial charge < -0.3 is 10.1 Å². The predicted molar refractivity (Wildman–Crippen MR) is 88.4 cm³/mol. The lowest BCUT2D eigenvalue weighted by Crippen LogP contribution is -2.24. The van der Waals surface area contributed by atoms with Crippen molar-refractivity contribution in [2.24, 2.45) is 0 Å². The Labute approximate surface area is 156 Å². The standard InChI is InChI=1S/C16H14ClF3N4O3/c1-9(25)4-13-21-3-2-12(24-13)14(26)22-6-10-5-11(17)15(23-7-10)27-8-16(18,19)20/h2-3,5,7H,4,6,8H2,1H3,(H,22,26). The molecule has 0 saturated heterocycles. The summed E-state index contributed by atoms with van der Waals surface area (Å²) >= 11 is 5.84. The van der Waals surface area contributed by atoms with Gasteiger partial charge in [0.2, 0.25) is 5.88 Å². The minimum Gasteiger partial charge on any atom is -0.467 e. The van der Waals surface area contributed by atoms with E-state index in [9.17, 15) is 22.8 Å². The molecule has 2 aromatic heterocycles. The molecule has 0 aliphatic carbocycles. The summed E-state index contributed by atoms with van der Waals surface area (Å²) in [6.45, 7) is -0.113. The fraction of sp³-hybridized carbons (Fsp3) is 0.312. The average Bonchev–Trinajstić information content (AvgIpc) is 2.57. The molecule has 0 aromatic carbocycles. The highest BCUT2D eigenvalue weighted by Gasteiger charge is 2.29. The summed E-state index contributed by atoms with van der Waals surface area (Å²) in [7, 11) is 0. The highest BCUT2D eigenvalue weighted by atomic mass is 35.5. The molecule has 27 heavy (non-hydrogen) atoms. The lowest BCUT2D eigenvalue weighted by Gasteiger charge is -2.11. The van der Waals surface area contributed by atoms with Crippen molar-refractivity contribution in [2.45, 2.75) is 26.1 Å². The van der Waals surface area contributed by atoms with E-state index in [0.717, 1.165) is 0 Å². The second-order valence-corrected chi connectivity index (χ2v) is 5.86. The summed E-state index contributed by atoms with van der Waals surface area (Å²) in [4.78, 5) is 34.8. The maximum atomic E-state index is 12.1. The van der Waals surface area contributed by atoms with Crippen molar-refractivity contribution in [1.82, 2.24) is 20.3 Å². The van der Waals surface area contributed by atoms with Crippen LogP contribution in [0.25, 0.3) is 0 Å². The van der Waals surface area contributed by atoms with E-state index in [1.165, 1.54) is 31.5 Å². The van der Waals surface area contributed by atoms with Gasteiger partial charge in [-0.15, -0.1) is 0 Å². The molecule has 2 rings (SSSR count). The molecular weight excluding hydrogens is 389 g/mol. The zero-order chi connectivity index (χ0) is 20.0. The fourth-order valence-electron chi connectivity index (χ4n) is 1.92. The quantitative estimate of drug-likeness (QED) is 0.764. The van der Waals surface area contributed by atoms with E-state index in [-0.39, 0.29) is 41.2 Å². The van der Waals surface area contributed by atoms with E-state index in [2.05, 4.69) is 25.0 Å². The van der Waals surface area contributed by atoms with E-state index in [1.807, 2.05) is 0 Å². The molecule has 0 aliphatic heterocycles. The van der Waals surface area contributed by atoms with Crippen LogP contribution < -0.4 is 10.1 Å². The molecule has 0 atom stereocenters. The van der Waals surface area contributed by atoms with Gasteiger partial charge in [0, 0.05) is 18.9 Å². The summed E-state index contributed by atoms with van der Waals surface area (Å²) in [6.07, 6.45) is -1.89. The number of aromatic nitrogens is 3. The van der Waals surface area contributed by atoms with Crippen LogP contribution in [-0.2, 0) is 17.8 Å². The molecule has 7 nitrogen and oxygen atoms in total. The zero-order valence-corrected chi connectivity index (χ0v) is 14.8. The van der Waals surface area contributed by atoms with E-state index in [0.29, 0.717) is 5.56 Å². The van der Waals surface area contributed by atoms with Gasteiger partial charge in [0.25, 0.3) is 5.91 Å². The molecule has 0 fully saturated rings. The number of rotatable bonds is 7. The maximum absolute atomic E-state index is 12.1. The summed E-state index contributed by atoms with van der Waals surface area (Å²) in [5.74, 6) is -0.781. The first-order chi connectivity index (χ1) is 12.6. The van der Waals surface area contributed by atoms with E-state index < -0.39 is 18.7 Å². The first kappa shape index (κ1) is 20.6.